The molecule has 0 radical (unpaired) electrons. The predicted molar refractivity (Wildman–Crippen MR) is 144 cm³/mol. The summed E-state index contributed by atoms with van der Waals surface area (Å²) in [7, 11) is 1.49. The van der Waals surface area contributed by atoms with Gasteiger partial charge in [0.1, 0.15) is 11.4 Å². The number of thiazole rings is 1. The van der Waals surface area contributed by atoms with E-state index in [1.54, 1.807) is 16.3 Å². The van der Waals surface area contributed by atoms with Crippen molar-refractivity contribution in [2.24, 2.45) is 5.10 Å². The molecule has 2 N–H and O–H groups in total. The molecule has 0 atom stereocenters. The van der Waals surface area contributed by atoms with E-state index in [9.17, 15) is 9.90 Å². The van der Waals surface area contributed by atoms with Crippen LogP contribution >= 0.6 is 11.3 Å². The number of nitrogens with one attached hydrogen (secondary N) is 1. The number of carboxylic acid groups (broad SMARTS) is 1. The average molecular weight is 526 g/mol. The first-order valence-corrected chi connectivity index (χ1v) is 12.5. The zero-order chi connectivity index (χ0) is 25.8. The molecule has 0 saturated carbocycles. The number of methoxy groups -OCH3 is 1. The van der Waals surface area contributed by atoms with E-state index in [0.717, 1.165) is 26.6 Å². The third-order valence-corrected chi connectivity index (χ3v) is 7.33. The molecule has 2 aliphatic rings. The SMILES string of the molecule is COc1cc(C(=O)O)ccc1N1N=C(c2ccc3c(c2)OCO3)NN1c1nc2c(ccc3ccccc32)s1. The lowest BCUT2D eigenvalue weighted by Gasteiger charge is -2.26. The number of fused-ring (bicyclic) bond motifs is 4. The third-order valence-electron chi connectivity index (χ3n) is 6.34. The molecule has 0 aliphatic carbocycles. The number of carboxylic acids is 1. The molecular formula is C27H19N5O5S. The van der Waals surface area contributed by atoms with E-state index in [-0.39, 0.29) is 12.4 Å². The number of hydrogen-bond acceptors (Lipinski definition) is 10. The molecule has 3 heterocycles. The van der Waals surface area contributed by atoms with E-state index in [1.165, 1.54) is 30.6 Å². The van der Waals surface area contributed by atoms with Gasteiger partial charge in [-0.15, -0.1) is 15.3 Å². The van der Waals surface area contributed by atoms with Crippen LogP contribution in [-0.2, 0) is 0 Å². The van der Waals surface area contributed by atoms with Gasteiger partial charge in [-0.25, -0.2) is 9.78 Å². The van der Waals surface area contributed by atoms with Gasteiger partial charge in [0.2, 0.25) is 11.9 Å². The van der Waals surface area contributed by atoms with Gasteiger partial charge in [-0.2, -0.15) is 0 Å². The summed E-state index contributed by atoms with van der Waals surface area (Å²) in [6, 6.07) is 22.5. The van der Waals surface area contributed by atoms with Crippen LogP contribution < -0.4 is 29.9 Å². The van der Waals surface area contributed by atoms with Gasteiger partial charge in [0.05, 0.1) is 22.9 Å². The van der Waals surface area contributed by atoms with Gasteiger partial charge in [-0.1, -0.05) is 41.7 Å². The normalized spacial score (nSPS) is 14.2. The molecule has 4 aromatic carbocycles. The van der Waals surface area contributed by atoms with Crippen LogP contribution in [0.15, 0.2) is 77.9 Å². The number of carbonyl (C=O) groups is 1. The van der Waals surface area contributed by atoms with Crippen molar-refractivity contribution in [2.75, 3.05) is 24.1 Å². The van der Waals surface area contributed by atoms with Crippen LogP contribution in [0.1, 0.15) is 15.9 Å². The van der Waals surface area contributed by atoms with Crippen molar-refractivity contribution in [3.05, 3.63) is 83.9 Å². The first-order valence-electron chi connectivity index (χ1n) is 11.6. The molecular weight excluding hydrogens is 506 g/mol. The predicted octanol–water partition coefficient (Wildman–Crippen LogP) is 4.99. The van der Waals surface area contributed by atoms with E-state index >= 15 is 0 Å². The van der Waals surface area contributed by atoms with Crippen molar-refractivity contribution in [1.29, 1.82) is 0 Å². The van der Waals surface area contributed by atoms with E-state index in [1.807, 2.05) is 30.3 Å². The number of amidine groups is 1. The molecule has 0 bridgehead atoms. The first kappa shape index (κ1) is 22.2. The van der Waals surface area contributed by atoms with Crippen LogP contribution in [0.2, 0.25) is 0 Å². The minimum Gasteiger partial charge on any atom is -0.494 e. The summed E-state index contributed by atoms with van der Waals surface area (Å²) >= 11 is 1.50. The van der Waals surface area contributed by atoms with E-state index in [4.69, 9.17) is 24.3 Å². The number of nitrogens with zero attached hydrogens (tertiary/aromatic N) is 4. The maximum absolute atomic E-state index is 11.6. The van der Waals surface area contributed by atoms with E-state index in [0.29, 0.717) is 33.9 Å². The molecule has 7 rings (SSSR count). The molecule has 0 spiro atoms. The van der Waals surface area contributed by atoms with Crippen molar-refractivity contribution in [3.63, 3.8) is 0 Å². The molecule has 0 amide bonds. The largest absolute Gasteiger partial charge is 0.494 e. The van der Waals surface area contributed by atoms with Gasteiger partial charge in [-0.05, 0) is 47.9 Å². The molecule has 0 fully saturated rings. The number of ether oxygens (including phenoxy) is 3. The number of aromatic carboxylic acids is 1. The number of benzene rings is 4. The minimum absolute atomic E-state index is 0.107. The Balaban J connectivity index is 1.36. The van der Waals surface area contributed by atoms with Crippen molar-refractivity contribution < 1.29 is 24.1 Å². The zero-order valence-corrected chi connectivity index (χ0v) is 20.7. The Hall–Kier alpha value is -5.03. The fraction of sp³-hybridized carbons (Fsp3) is 0.0741. The highest BCUT2D eigenvalue weighted by Gasteiger charge is 2.32. The number of anilines is 2. The highest BCUT2D eigenvalue weighted by atomic mass is 32.1. The lowest BCUT2D eigenvalue weighted by atomic mass is 10.1. The quantitative estimate of drug-likeness (QED) is 0.328. The lowest BCUT2D eigenvalue weighted by molar-refractivity contribution is 0.0696. The average Bonchev–Trinajstić information content (AvgIpc) is 3.70. The van der Waals surface area contributed by atoms with Crippen LogP contribution in [0.3, 0.4) is 0 Å². The lowest BCUT2D eigenvalue weighted by Crippen LogP contribution is -2.44. The maximum atomic E-state index is 11.6. The second kappa shape index (κ2) is 8.53. The van der Waals surface area contributed by atoms with Crippen molar-refractivity contribution in [1.82, 2.24) is 10.4 Å². The molecule has 11 heteroatoms. The minimum atomic E-state index is -1.05. The zero-order valence-electron chi connectivity index (χ0n) is 19.9. The molecule has 5 aromatic rings. The fourth-order valence-corrected chi connectivity index (χ4v) is 5.41. The van der Waals surface area contributed by atoms with Crippen molar-refractivity contribution in [2.45, 2.75) is 0 Å². The van der Waals surface area contributed by atoms with E-state index < -0.39 is 5.97 Å². The standard InChI is InChI=1S/C27H19N5O5S/c1-35-21-13-17(26(33)34)6-9-19(21)31-29-25(16-7-10-20-22(12-16)37-14-36-20)30-32(31)27-28-24-18-5-3-2-4-15(18)8-11-23(24)38-27/h2-13H,14H2,1H3,(H,29,30)(H,33,34). The molecule has 188 valence electrons. The summed E-state index contributed by atoms with van der Waals surface area (Å²) < 4.78 is 17.6. The molecule has 38 heavy (non-hydrogen) atoms. The van der Waals surface area contributed by atoms with E-state index in [2.05, 4.69) is 29.7 Å². The highest BCUT2D eigenvalue weighted by molar-refractivity contribution is 7.22. The summed E-state index contributed by atoms with van der Waals surface area (Å²) in [5.41, 5.74) is 5.65. The van der Waals surface area contributed by atoms with Crippen molar-refractivity contribution in [3.8, 4) is 17.2 Å². The number of hydrogen-bond donors (Lipinski definition) is 2. The Morgan fingerprint density at radius 3 is 2.79 bits per heavy atom. The van der Waals surface area contributed by atoms with Gasteiger partial charge in [0.15, 0.2) is 17.3 Å². The Labute approximate surface area is 219 Å². The van der Waals surface area contributed by atoms with Crippen molar-refractivity contribution >= 4 is 54.9 Å². The summed E-state index contributed by atoms with van der Waals surface area (Å²) in [5, 5.41) is 20.4. The van der Waals surface area contributed by atoms with Crippen LogP contribution in [-0.4, -0.2) is 35.8 Å². The summed E-state index contributed by atoms with van der Waals surface area (Å²) in [4.78, 5) is 16.5. The number of hydrazone groups is 1. The van der Waals surface area contributed by atoms with Gasteiger partial charge < -0.3 is 19.3 Å². The van der Waals surface area contributed by atoms with Gasteiger partial charge in [0, 0.05) is 10.9 Å². The number of aromatic nitrogens is 1. The topological polar surface area (TPSA) is 109 Å². The van der Waals surface area contributed by atoms with Gasteiger partial charge in [0.25, 0.3) is 0 Å². The number of rotatable bonds is 5. The molecule has 0 unspecified atom stereocenters. The fourth-order valence-electron chi connectivity index (χ4n) is 4.48. The molecule has 0 saturated heterocycles. The summed E-state index contributed by atoms with van der Waals surface area (Å²) in [6.45, 7) is 0.170. The van der Waals surface area contributed by atoms with Gasteiger partial charge >= 0.3 is 5.97 Å². The Kier molecular flexibility index (Phi) is 4.98. The Morgan fingerprint density at radius 2 is 1.92 bits per heavy atom. The first-order chi connectivity index (χ1) is 18.6. The van der Waals surface area contributed by atoms with Crippen LogP contribution in [0.25, 0.3) is 21.0 Å². The van der Waals surface area contributed by atoms with Crippen LogP contribution in [0.4, 0.5) is 10.8 Å². The smallest absolute Gasteiger partial charge is 0.335 e. The number of hydrazine groups is 2. The summed E-state index contributed by atoms with van der Waals surface area (Å²) in [6.07, 6.45) is 0. The molecule has 1 aromatic heterocycles. The Bertz CT molecular complexity index is 1790. The second-order valence-corrected chi connectivity index (χ2v) is 9.56. The van der Waals surface area contributed by atoms with Crippen LogP contribution in [0, 0.1) is 0 Å². The summed E-state index contributed by atoms with van der Waals surface area (Å²) in [5.74, 6) is 1.14. The maximum Gasteiger partial charge on any atom is 0.335 e. The van der Waals surface area contributed by atoms with Gasteiger partial charge in [-0.3, -0.25) is 5.43 Å². The van der Waals surface area contributed by atoms with Crippen LogP contribution in [0.5, 0.6) is 17.2 Å². The molecule has 2 aliphatic heterocycles. The Morgan fingerprint density at radius 1 is 1.05 bits per heavy atom. The second-order valence-electron chi connectivity index (χ2n) is 8.55. The molecule has 10 nitrogen and oxygen atoms in total. The highest BCUT2D eigenvalue weighted by Crippen LogP contribution is 2.39. The third kappa shape index (κ3) is 3.51. The monoisotopic (exact) mass is 525 g/mol.